The normalized spacial score (nSPS) is 9.62. The number of aryl methyl sites for hydroxylation is 2. The maximum absolute atomic E-state index is 11.8. The summed E-state index contributed by atoms with van der Waals surface area (Å²) >= 11 is 0. The SMILES string of the molecule is COc1cc(C)c(C)cc1C(=O)CCC#N. The molecule has 0 aromatic heterocycles. The van der Waals surface area contributed by atoms with Gasteiger partial charge in [0.15, 0.2) is 5.78 Å². The zero-order chi connectivity index (χ0) is 12.1. The molecule has 0 aliphatic carbocycles. The van der Waals surface area contributed by atoms with Gasteiger partial charge < -0.3 is 4.74 Å². The maximum atomic E-state index is 11.8. The number of benzene rings is 1. The van der Waals surface area contributed by atoms with E-state index in [1.807, 2.05) is 32.0 Å². The molecule has 0 unspecified atom stereocenters. The van der Waals surface area contributed by atoms with E-state index in [1.54, 1.807) is 7.11 Å². The molecule has 0 N–H and O–H groups in total. The Balaban J connectivity index is 3.07. The number of rotatable bonds is 4. The summed E-state index contributed by atoms with van der Waals surface area (Å²) in [7, 11) is 1.55. The average Bonchev–Trinajstić information content (AvgIpc) is 2.28. The predicted octanol–water partition coefficient (Wildman–Crippen LogP) is 2.80. The maximum Gasteiger partial charge on any atom is 0.167 e. The van der Waals surface area contributed by atoms with Crippen LogP contribution >= 0.6 is 0 Å². The third kappa shape index (κ3) is 2.60. The molecule has 0 saturated heterocycles. The van der Waals surface area contributed by atoms with Crippen molar-refractivity contribution in [1.82, 2.24) is 0 Å². The van der Waals surface area contributed by atoms with Crippen molar-refractivity contribution < 1.29 is 9.53 Å². The molecule has 1 rings (SSSR count). The van der Waals surface area contributed by atoms with Gasteiger partial charge in [-0.3, -0.25) is 4.79 Å². The number of ether oxygens (including phenoxy) is 1. The molecule has 1 aromatic rings. The van der Waals surface area contributed by atoms with Gasteiger partial charge in [-0.15, -0.1) is 0 Å². The van der Waals surface area contributed by atoms with Gasteiger partial charge >= 0.3 is 0 Å². The lowest BCUT2D eigenvalue weighted by Crippen LogP contribution is -2.03. The fourth-order valence-electron chi connectivity index (χ4n) is 1.48. The second-order valence-electron chi connectivity index (χ2n) is 3.72. The van der Waals surface area contributed by atoms with Crippen LogP contribution in [0.4, 0.5) is 0 Å². The van der Waals surface area contributed by atoms with Gasteiger partial charge in [-0.05, 0) is 37.1 Å². The van der Waals surface area contributed by atoms with Gasteiger partial charge in [0.25, 0.3) is 0 Å². The molecule has 16 heavy (non-hydrogen) atoms. The van der Waals surface area contributed by atoms with E-state index in [0.717, 1.165) is 11.1 Å². The summed E-state index contributed by atoms with van der Waals surface area (Å²) in [6.07, 6.45) is 0.490. The van der Waals surface area contributed by atoms with Crippen molar-refractivity contribution in [3.63, 3.8) is 0 Å². The van der Waals surface area contributed by atoms with Gasteiger partial charge in [-0.25, -0.2) is 0 Å². The summed E-state index contributed by atoms with van der Waals surface area (Å²) in [6, 6.07) is 5.65. The molecule has 0 amide bonds. The summed E-state index contributed by atoms with van der Waals surface area (Å²) in [4.78, 5) is 11.8. The molecule has 0 bridgehead atoms. The molecule has 3 nitrogen and oxygen atoms in total. The van der Waals surface area contributed by atoms with Crippen molar-refractivity contribution in [3.8, 4) is 11.8 Å². The summed E-state index contributed by atoms with van der Waals surface area (Å²) in [5.41, 5.74) is 2.72. The third-order valence-electron chi connectivity index (χ3n) is 2.58. The predicted molar refractivity (Wildman–Crippen MR) is 61.6 cm³/mol. The zero-order valence-electron chi connectivity index (χ0n) is 9.83. The Labute approximate surface area is 95.7 Å². The number of nitriles is 1. The van der Waals surface area contributed by atoms with Crippen LogP contribution in [-0.2, 0) is 0 Å². The van der Waals surface area contributed by atoms with Gasteiger partial charge in [-0.1, -0.05) is 0 Å². The van der Waals surface area contributed by atoms with Crippen molar-refractivity contribution in [1.29, 1.82) is 5.26 Å². The van der Waals surface area contributed by atoms with E-state index in [0.29, 0.717) is 11.3 Å². The molecule has 0 atom stereocenters. The highest BCUT2D eigenvalue weighted by molar-refractivity contribution is 5.99. The number of hydrogen-bond donors (Lipinski definition) is 0. The number of carbonyl (C=O) groups is 1. The van der Waals surface area contributed by atoms with Crippen LogP contribution in [0, 0.1) is 25.2 Å². The van der Waals surface area contributed by atoms with Gasteiger partial charge in [0.1, 0.15) is 5.75 Å². The van der Waals surface area contributed by atoms with Crippen molar-refractivity contribution in [2.75, 3.05) is 7.11 Å². The lowest BCUT2D eigenvalue weighted by molar-refractivity contribution is 0.0981. The van der Waals surface area contributed by atoms with Crippen LogP contribution < -0.4 is 4.74 Å². The fourth-order valence-corrected chi connectivity index (χ4v) is 1.48. The van der Waals surface area contributed by atoms with Gasteiger partial charge in [-0.2, -0.15) is 5.26 Å². The van der Waals surface area contributed by atoms with Gasteiger partial charge in [0.2, 0.25) is 0 Å². The molecule has 0 heterocycles. The van der Waals surface area contributed by atoms with Crippen LogP contribution in [0.3, 0.4) is 0 Å². The molecule has 3 heteroatoms. The summed E-state index contributed by atoms with van der Waals surface area (Å²) in [5.74, 6) is 0.549. The molecular formula is C13H15NO2. The van der Waals surface area contributed by atoms with Gasteiger partial charge in [0.05, 0.1) is 18.7 Å². The van der Waals surface area contributed by atoms with E-state index < -0.39 is 0 Å². The number of Topliss-reactive ketones (excluding diaryl/α,β-unsaturated/α-hetero) is 1. The molecular weight excluding hydrogens is 202 g/mol. The van der Waals surface area contributed by atoms with E-state index in [9.17, 15) is 4.79 Å². The minimum Gasteiger partial charge on any atom is -0.496 e. The van der Waals surface area contributed by atoms with Gasteiger partial charge in [0, 0.05) is 12.8 Å². The molecule has 84 valence electrons. The first kappa shape index (κ1) is 12.3. The summed E-state index contributed by atoms with van der Waals surface area (Å²) < 4.78 is 5.18. The van der Waals surface area contributed by atoms with E-state index in [4.69, 9.17) is 10.00 Å². The molecule has 0 aliphatic heterocycles. The van der Waals surface area contributed by atoms with Crippen molar-refractivity contribution in [2.24, 2.45) is 0 Å². The highest BCUT2D eigenvalue weighted by atomic mass is 16.5. The molecule has 0 radical (unpaired) electrons. The highest BCUT2D eigenvalue weighted by Gasteiger charge is 2.13. The number of ketones is 1. The van der Waals surface area contributed by atoms with Crippen LogP contribution in [0.5, 0.6) is 5.75 Å². The summed E-state index contributed by atoms with van der Waals surface area (Å²) in [5, 5.41) is 8.45. The topological polar surface area (TPSA) is 50.1 Å². The first-order valence-corrected chi connectivity index (χ1v) is 5.15. The second kappa shape index (κ2) is 5.32. The Morgan fingerprint density at radius 1 is 1.38 bits per heavy atom. The Bertz CT molecular complexity index is 444. The zero-order valence-corrected chi connectivity index (χ0v) is 9.83. The molecule has 0 spiro atoms. The monoisotopic (exact) mass is 217 g/mol. The van der Waals surface area contributed by atoms with E-state index in [-0.39, 0.29) is 18.6 Å². The van der Waals surface area contributed by atoms with E-state index >= 15 is 0 Å². The Morgan fingerprint density at radius 3 is 2.56 bits per heavy atom. The Morgan fingerprint density at radius 2 is 2.00 bits per heavy atom. The summed E-state index contributed by atoms with van der Waals surface area (Å²) in [6.45, 7) is 3.93. The van der Waals surface area contributed by atoms with Crippen molar-refractivity contribution >= 4 is 5.78 Å². The van der Waals surface area contributed by atoms with Crippen LogP contribution in [0.2, 0.25) is 0 Å². The highest BCUT2D eigenvalue weighted by Crippen LogP contribution is 2.24. The van der Waals surface area contributed by atoms with Crippen LogP contribution in [0.1, 0.15) is 34.3 Å². The van der Waals surface area contributed by atoms with Crippen LogP contribution in [0.15, 0.2) is 12.1 Å². The first-order valence-electron chi connectivity index (χ1n) is 5.15. The smallest absolute Gasteiger partial charge is 0.167 e. The molecule has 1 aromatic carbocycles. The second-order valence-corrected chi connectivity index (χ2v) is 3.72. The third-order valence-corrected chi connectivity index (χ3v) is 2.58. The standard InChI is InChI=1S/C13H15NO2/c1-9-7-11(12(15)5-4-6-14)13(16-3)8-10(9)2/h7-8H,4-5H2,1-3H3. The molecule has 0 saturated carbocycles. The lowest BCUT2D eigenvalue weighted by atomic mass is 10.00. The number of carbonyl (C=O) groups excluding carboxylic acids is 1. The Hall–Kier alpha value is -1.82. The van der Waals surface area contributed by atoms with Crippen LogP contribution in [0.25, 0.3) is 0 Å². The quantitative estimate of drug-likeness (QED) is 0.728. The minimum absolute atomic E-state index is 0.0403. The van der Waals surface area contributed by atoms with Crippen LogP contribution in [-0.4, -0.2) is 12.9 Å². The van der Waals surface area contributed by atoms with E-state index in [1.165, 1.54) is 0 Å². The number of hydrogen-bond acceptors (Lipinski definition) is 3. The largest absolute Gasteiger partial charge is 0.496 e. The molecule has 0 aliphatic rings. The number of methoxy groups -OCH3 is 1. The first-order chi connectivity index (χ1) is 7.60. The van der Waals surface area contributed by atoms with Crippen molar-refractivity contribution in [2.45, 2.75) is 26.7 Å². The lowest BCUT2D eigenvalue weighted by Gasteiger charge is -2.10. The number of nitrogens with zero attached hydrogens (tertiary/aromatic N) is 1. The molecule has 0 fully saturated rings. The van der Waals surface area contributed by atoms with Crippen molar-refractivity contribution in [3.05, 3.63) is 28.8 Å². The average molecular weight is 217 g/mol. The van der Waals surface area contributed by atoms with E-state index in [2.05, 4.69) is 0 Å². The fraction of sp³-hybridized carbons (Fsp3) is 0.385. The minimum atomic E-state index is -0.0403. The Kier molecular flexibility index (Phi) is 4.07.